The average molecular weight is 201 g/mol. The molecule has 1 N–H and O–H groups in total. The normalized spacial score (nSPS) is 10.4. The maximum atomic E-state index is 4.94. The Bertz CT molecular complexity index is 262. The Morgan fingerprint density at radius 1 is 1.69 bits per heavy atom. The van der Waals surface area contributed by atoms with Crippen LogP contribution in [0, 0.1) is 0 Å². The number of aryl methyl sites for hydroxylation is 1. The second-order valence-electron chi connectivity index (χ2n) is 2.64. The summed E-state index contributed by atoms with van der Waals surface area (Å²) in [6.45, 7) is 1.49. The van der Waals surface area contributed by atoms with Gasteiger partial charge in [0, 0.05) is 26.9 Å². The molecule has 0 saturated heterocycles. The summed E-state index contributed by atoms with van der Waals surface area (Å²) < 4.78 is 6.75. The molecule has 0 aliphatic rings. The van der Waals surface area contributed by atoms with Crippen molar-refractivity contribution in [2.24, 2.45) is 7.05 Å². The third-order valence-electron chi connectivity index (χ3n) is 1.61. The van der Waals surface area contributed by atoms with Gasteiger partial charge in [0.2, 0.25) is 0 Å². The summed E-state index contributed by atoms with van der Waals surface area (Å²) in [6.07, 6.45) is 4.04. The molecule has 0 bridgehead atoms. The minimum absolute atomic E-state index is 0.699. The molecule has 1 rings (SSSR count). The van der Waals surface area contributed by atoms with Crippen molar-refractivity contribution in [2.75, 3.05) is 31.8 Å². The Balaban J connectivity index is 2.53. The maximum absolute atomic E-state index is 4.94. The smallest absolute Gasteiger partial charge is 0.161 e. The van der Waals surface area contributed by atoms with Gasteiger partial charge in [0.05, 0.1) is 11.5 Å². The summed E-state index contributed by atoms with van der Waals surface area (Å²) in [7, 11) is 3.61. The predicted molar refractivity (Wildman–Crippen MR) is 55.4 cm³/mol. The quantitative estimate of drug-likeness (QED) is 0.574. The van der Waals surface area contributed by atoms with E-state index in [1.165, 1.54) is 4.90 Å². The summed E-state index contributed by atoms with van der Waals surface area (Å²) in [4.78, 5) is 1.17. The van der Waals surface area contributed by atoms with Gasteiger partial charge in [-0.25, -0.2) is 0 Å². The van der Waals surface area contributed by atoms with Crippen molar-refractivity contribution in [1.29, 1.82) is 0 Å². The molecule has 0 amide bonds. The minimum atomic E-state index is 0.699. The lowest BCUT2D eigenvalue weighted by atomic mass is 10.6. The van der Waals surface area contributed by atoms with Crippen LogP contribution in [0.5, 0.6) is 0 Å². The minimum Gasteiger partial charge on any atom is -0.383 e. The lowest BCUT2D eigenvalue weighted by Crippen LogP contribution is -2.08. The molecule has 1 aromatic heterocycles. The zero-order valence-electron chi connectivity index (χ0n) is 8.20. The van der Waals surface area contributed by atoms with Gasteiger partial charge in [-0.1, -0.05) is 0 Å². The monoisotopic (exact) mass is 201 g/mol. The van der Waals surface area contributed by atoms with Gasteiger partial charge in [-0.15, -0.1) is 11.8 Å². The van der Waals surface area contributed by atoms with Crippen molar-refractivity contribution in [3.8, 4) is 0 Å². The standard InChI is InChI=1S/C8H15N3OS/c1-11-6-7(13-3)8(10-11)9-4-5-12-2/h6H,4-5H2,1-3H3,(H,9,10). The van der Waals surface area contributed by atoms with E-state index < -0.39 is 0 Å². The van der Waals surface area contributed by atoms with E-state index >= 15 is 0 Å². The molecular weight excluding hydrogens is 186 g/mol. The second kappa shape index (κ2) is 5.14. The van der Waals surface area contributed by atoms with Gasteiger partial charge in [-0.2, -0.15) is 5.10 Å². The molecule has 0 aromatic carbocycles. The Hall–Kier alpha value is -0.680. The van der Waals surface area contributed by atoms with Crippen LogP contribution in [0.2, 0.25) is 0 Å². The van der Waals surface area contributed by atoms with Gasteiger partial charge in [-0.3, -0.25) is 4.68 Å². The first-order valence-corrected chi connectivity index (χ1v) is 5.31. The van der Waals surface area contributed by atoms with E-state index in [-0.39, 0.29) is 0 Å². The molecule has 4 nitrogen and oxygen atoms in total. The Morgan fingerprint density at radius 2 is 2.46 bits per heavy atom. The highest BCUT2D eigenvalue weighted by Gasteiger charge is 2.04. The highest BCUT2D eigenvalue weighted by Crippen LogP contribution is 2.22. The summed E-state index contributed by atoms with van der Waals surface area (Å²) >= 11 is 1.69. The van der Waals surface area contributed by atoms with E-state index in [0.717, 1.165) is 12.4 Å². The molecule has 0 spiro atoms. The van der Waals surface area contributed by atoms with Gasteiger partial charge >= 0.3 is 0 Å². The number of anilines is 1. The van der Waals surface area contributed by atoms with Crippen LogP contribution in [0.4, 0.5) is 5.82 Å². The summed E-state index contributed by atoms with van der Waals surface area (Å²) in [5, 5.41) is 7.49. The first-order chi connectivity index (χ1) is 6.27. The fourth-order valence-electron chi connectivity index (χ4n) is 1.01. The number of ether oxygens (including phenoxy) is 1. The van der Waals surface area contributed by atoms with Crippen molar-refractivity contribution in [2.45, 2.75) is 4.90 Å². The first-order valence-electron chi connectivity index (χ1n) is 4.08. The van der Waals surface area contributed by atoms with E-state index in [1.807, 2.05) is 19.5 Å². The molecule has 1 aromatic rings. The number of hydrogen-bond donors (Lipinski definition) is 1. The lowest BCUT2D eigenvalue weighted by molar-refractivity contribution is 0.210. The van der Waals surface area contributed by atoms with Crippen molar-refractivity contribution >= 4 is 17.6 Å². The van der Waals surface area contributed by atoms with Gasteiger partial charge in [0.25, 0.3) is 0 Å². The van der Waals surface area contributed by atoms with E-state index in [9.17, 15) is 0 Å². The van der Waals surface area contributed by atoms with Crippen LogP contribution >= 0.6 is 11.8 Å². The largest absolute Gasteiger partial charge is 0.383 e. The Labute approximate surface area is 82.6 Å². The number of methoxy groups -OCH3 is 1. The zero-order chi connectivity index (χ0) is 9.68. The van der Waals surface area contributed by atoms with E-state index in [4.69, 9.17) is 4.74 Å². The van der Waals surface area contributed by atoms with Crippen LogP contribution in [0.25, 0.3) is 0 Å². The van der Waals surface area contributed by atoms with E-state index in [2.05, 4.69) is 10.4 Å². The molecule has 13 heavy (non-hydrogen) atoms. The third-order valence-corrected chi connectivity index (χ3v) is 2.35. The number of aromatic nitrogens is 2. The number of nitrogens with zero attached hydrogens (tertiary/aromatic N) is 2. The fourth-order valence-corrected chi connectivity index (χ4v) is 1.57. The van der Waals surface area contributed by atoms with Crippen LogP contribution in [-0.4, -0.2) is 36.3 Å². The van der Waals surface area contributed by atoms with Crippen molar-refractivity contribution < 1.29 is 4.74 Å². The molecular formula is C8H15N3OS. The van der Waals surface area contributed by atoms with E-state index in [1.54, 1.807) is 23.6 Å². The number of thioether (sulfide) groups is 1. The van der Waals surface area contributed by atoms with Gasteiger partial charge in [-0.05, 0) is 6.26 Å². The number of hydrogen-bond acceptors (Lipinski definition) is 4. The average Bonchev–Trinajstić information content (AvgIpc) is 2.47. The van der Waals surface area contributed by atoms with Crippen LogP contribution < -0.4 is 5.32 Å². The molecule has 0 atom stereocenters. The maximum Gasteiger partial charge on any atom is 0.161 e. The summed E-state index contributed by atoms with van der Waals surface area (Å²) in [6, 6.07) is 0. The van der Waals surface area contributed by atoms with Crippen molar-refractivity contribution in [3.05, 3.63) is 6.20 Å². The van der Waals surface area contributed by atoms with Gasteiger partial charge in [0.1, 0.15) is 0 Å². The molecule has 0 radical (unpaired) electrons. The summed E-state index contributed by atoms with van der Waals surface area (Å²) in [5.74, 6) is 0.937. The molecule has 0 fully saturated rings. The van der Waals surface area contributed by atoms with Crippen molar-refractivity contribution in [3.63, 3.8) is 0 Å². The highest BCUT2D eigenvalue weighted by molar-refractivity contribution is 7.98. The number of rotatable bonds is 5. The zero-order valence-corrected chi connectivity index (χ0v) is 9.02. The molecule has 0 aliphatic carbocycles. The SMILES string of the molecule is COCCNc1nn(C)cc1SC. The topological polar surface area (TPSA) is 39.1 Å². The van der Waals surface area contributed by atoms with E-state index in [0.29, 0.717) is 6.61 Å². The van der Waals surface area contributed by atoms with Gasteiger partial charge in [0.15, 0.2) is 5.82 Å². The van der Waals surface area contributed by atoms with Crippen LogP contribution in [0.3, 0.4) is 0 Å². The van der Waals surface area contributed by atoms with Crippen LogP contribution in [0.1, 0.15) is 0 Å². The summed E-state index contributed by atoms with van der Waals surface area (Å²) in [5.41, 5.74) is 0. The van der Waals surface area contributed by atoms with Crippen LogP contribution in [0.15, 0.2) is 11.1 Å². The highest BCUT2D eigenvalue weighted by atomic mass is 32.2. The lowest BCUT2D eigenvalue weighted by Gasteiger charge is -2.02. The van der Waals surface area contributed by atoms with Crippen molar-refractivity contribution in [1.82, 2.24) is 9.78 Å². The molecule has 1 heterocycles. The predicted octanol–water partition coefficient (Wildman–Crippen LogP) is 1.20. The molecule has 0 aliphatic heterocycles. The Morgan fingerprint density at radius 3 is 3.08 bits per heavy atom. The Kier molecular flexibility index (Phi) is 4.11. The molecule has 5 heteroatoms. The molecule has 0 saturated carbocycles. The third kappa shape index (κ3) is 2.93. The fraction of sp³-hybridized carbons (Fsp3) is 0.625. The second-order valence-corrected chi connectivity index (χ2v) is 3.49. The molecule has 0 unspecified atom stereocenters. The molecule has 74 valence electrons. The van der Waals surface area contributed by atoms with Gasteiger partial charge < -0.3 is 10.1 Å². The first kappa shape index (κ1) is 10.4. The number of nitrogens with one attached hydrogen (secondary N) is 1. The van der Waals surface area contributed by atoms with Crippen LogP contribution in [-0.2, 0) is 11.8 Å².